The van der Waals surface area contributed by atoms with Crippen molar-refractivity contribution in [2.24, 2.45) is 0 Å². The van der Waals surface area contributed by atoms with Gasteiger partial charge < -0.3 is 16.0 Å². The summed E-state index contributed by atoms with van der Waals surface area (Å²) < 4.78 is 0. The van der Waals surface area contributed by atoms with E-state index in [0.29, 0.717) is 13.1 Å². The molecule has 0 fully saturated rings. The van der Waals surface area contributed by atoms with Gasteiger partial charge in [0.05, 0.1) is 0 Å². The Kier molecular flexibility index (Phi) is 5.00. The van der Waals surface area contributed by atoms with Gasteiger partial charge in [-0.2, -0.15) is 0 Å². The summed E-state index contributed by atoms with van der Waals surface area (Å²) >= 11 is 0. The minimum atomic E-state index is -0.273. The van der Waals surface area contributed by atoms with Crippen LogP contribution in [0.15, 0.2) is 24.3 Å². The highest BCUT2D eigenvalue weighted by Gasteiger charge is 2.02. The van der Waals surface area contributed by atoms with Crippen LogP contribution in [0.2, 0.25) is 0 Å². The molecule has 0 spiro atoms. The van der Waals surface area contributed by atoms with E-state index in [4.69, 9.17) is 0 Å². The largest absolute Gasteiger partial charge is 0.355 e. The van der Waals surface area contributed by atoms with Gasteiger partial charge in [-0.15, -0.1) is 0 Å². The van der Waals surface area contributed by atoms with Crippen LogP contribution in [0.1, 0.15) is 12.5 Å². The Balaban J connectivity index is 2.30. The molecule has 1 rings (SSSR count). The van der Waals surface area contributed by atoms with Gasteiger partial charge in [-0.1, -0.05) is 18.2 Å². The van der Waals surface area contributed by atoms with Crippen molar-refractivity contribution >= 4 is 17.6 Å². The van der Waals surface area contributed by atoms with E-state index in [2.05, 4.69) is 16.0 Å². The summed E-state index contributed by atoms with van der Waals surface area (Å²) in [5, 5.41) is 7.98. The van der Waals surface area contributed by atoms with E-state index in [0.717, 1.165) is 11.3 Å². The summed E-state index contributed by atoms with van der Waals surface area (Å²) in [4.78, 5) is 22.1. The van der Waals surface area contributed by atoms with Gasteiger partial charge in [-0.3, -0.25) is 4.79 Å². The topological polar surface area (TPSA) is 70.2 Å². The fourth-order valence-corrected chi connectivity index (χ4v) is 1.29. The number of nitrogens with one attached hydrogen (secondary N) is 3. The van der Waals surface area contributed by atoms with Crippen molar-refractivity contribution in [3.05, 3.63) is 29.8 Å². The minimum Gasteiger partial charge on any atom is -0.355 e. The summed E-state index contributed by atoms with van der Waals surface area (Å²) in [5.74, 6) is -0.105. The average Bonchev–Trinajstić information content (AvgIpc) is 2.27. The quantitative estimate of drug-likeness (QED) is 0.687. The van der Waals surface area contributed by atoms with Crippen LogP contribution in [0.5, 0.6) is 0 Å². The fourth-order valence-electron chi connectivity index (χ4n) is 1.29. The lowest BCUT2D eigenvalue weighted by Gasteiger charge is -2.09. The van der Waals surface area contributed by atoms with E-state index in [1.54, 1.807) is 0 Å². The second-order valence-electron chi connectivity index (χ2n) is 3.68. The number of benzene rings is 1. The van der Waals surface area contributed by atoms with E-state index in [1.807, 2.05) is 31.2 Å². The Bertz CT molecular complexity index is 404. The third-order valence-corrected chi connectivity index (χ3v) is 2.18. The molecule has 0 bridgehead atoms. The van der Waals surface area contributed by atoms with Gasteiger partial charge in [0, 0.05) is 25.7 Å². The van der Waals surface area contributed by atoms with Crippen molar-refractivity contribution in [2.75, 3.05) is 18.4 Å². The molecule has 3 N–H and O–H groups in total. The molecule has 5 nitrogen and oxygen atoms in total. The molecule has 17 heavy (non-hydrogen) atoms. The molecule has 1 aromatic carbocycles. The molecule has 0 aromatic heterocycles. The molecule has 0 unspecified atom stereocenters. The number of hydrogen-bond acceptors (Lipinski definition) is 2. The fraction of sp³-hybridized carbons (Fsp3) is 0.333. The van der Waals surface area contributed by atoms with E-state index in [9.17, 15) is 9.59 Å². The first-order valence-electron chi connectivity index (χ1n) is 5.44. The zero-order valence-electron chi connectivity index (χ0n) is 10.0. The van der Waals surface area contributed by atoms with Crippen LogP contribution < -0.4 is 16.0 Å². The van der Waals surface area contributed by atoms with Crippen LogP contribution in [0.25, 0.3) is 0 Å². The minimum absolute atomic E-state index is 0.105. The standard InChI is InChI=1S/C12H17N3O2/c1-9-5-3-4-6-11(9)15-12(17)14-8-7-13-10(2)16/h3-6H,7-8H2,1-2H3,(H,13,16)(H2,14,15,17). The van der Waals surface area contributed by atoms with Crippen molar-refractivity contribution in [3.8, 4) is 0 Å². The second kappa shape index (κ2) is 6.52. The first-order chi connectivity index (χ1) is 8.09. The molecule has 0 atom stereocenters. The SMILES string of the molecule is CC(=O)NCCNC(=O)Nc1ccccc1C. The lowest BCUT2D eigenvalue weighted by molar-refractivity contribution is -0.118. The average molecular weight is 235 g/mol. The van der Waals surface area contributed by atoms with Crippen molar-refractivity contribution < 1.29 is 9.59 Å². The highest BCUT2D eigenvalue weighted by atomic mass is 16.2. The first-order valence-corrected chi connectivity index (χ1v) is 5.44. The van der Waals surface area contributed by atoms with Crippen LogP contribution in [0.3, 0.4) is 0 Å². The molecule has 0 aliphatic rings. The first kappa shape index (κ1) is 13.0. The highest BCUT2D eigenvalue weighted by molar-refractivity contribution is 5.90. The molecule has 5 heteroatoms. The Labute approximate surface area is 101 Å². The Morgan fingerprint density at radius 1 is 1.12 bits per heavy atom. The predicted molar refractivity (Wildman–Crippen MR) is 66.9 cm³/mol. The Morgan fingerprint density at radius 3 is 2.41 bits per heavy atom. The molecule has 0 saturated carbocycles. The second-order valence-corrected chi connectivity index (χ2v) is 3.68. The molecular weight excluding hydrogens is 218 g/mol. The summed E-state index contributed by atoms with van der Waals surface area (Å²) in [5.41, 5.74) is 1.79. The number of anilines is 1. The molecule has 0 radical (unpaired) electrons. The maximum Gasteiger partial charge on any atom is 0.319 e. The number of carbonyl (C=O) groups excluding carboxylic acids is 2. The van der Waals surface area contributed by atoms with Gasteiger partial charge in [0.15, 0.2) is 0 Å². The smallest absolute Gasteiger partial charge is 0.319 e. The van der Waals surface area contributed by atoms with Crippen LogP contribution >= 0.6 is 0 Å². The number of aryl methyl sites for hydroxylation is 1. The molecule has 3 amide bonds. The summed E-state index contributed by atoms with van der Waals surface area (Å²) in [6, 6.07) is 7.26. The summed E-state index contributed by atoms with van der Waals surface area (Å²) in [7, 11) is 0. The lowest BCUT2D eigenvalue weighted by atomic mass is 10.2. The molecule has 0 saturated heterocycles. The van der Waals surface area contributed by atoms with E-state index < -0.39 is 0 Å². The van der Waals surface area contributed by atoms with Gasteiger partial charge in [-0.25, -0.2) is 4.79 Å². The zero-order chi connectivity index (χ0) is 12.7. The van der Waals surface area contributed by atoms with Gasteiger partial charge in [0.2, 0.25) is 5.91 Å². The van der Waals surface area contributed by atoms with Crippen LogP contribution in [-0.2, 0) is 4.79 Å². The van der Waals surface area contributed by atoms with Crippen molar-refractivity contribution in [2.45, 2.75) is 13.8 Å². The van der Waals surface area contributed by atoms with Crippen LogP contribution in [-0.4, -0.2) is 25.0 Å². The normalized spacial score (nSPS) is 9.53. The highest BCUT2D eigenvalue weighted by Crippen LogP contribution is 2.12. The third kappa shape index (κ3) is 5.01. The zero-order valence-corrected chi connectivity index (χ0v) is 10.0. The molecule has 0 aliphatic carbocycles. The number of para-hydroxylation sites is 1. The van der Waals surface area contributed by atoms with Crippen LogP contribution in [0, 0.1) is 6.92 Å². The molecule has 0 heterocycles. The van der Waals surface area contributed by atoms with E-state index in [1.165, 1.54) is 6.92 Å². The monoisotopic (exact) mass is 235 g/mol. The van der Waals surface area contributed by atoms with E-state index >= 15 is 0 Å². The van der Waals surface area contributed by atoms with Crippen molar-refractivity contribution in [1.82, 2.24) is 10.6 Å². The third-order valence-electron chi connectivity index (χ3n) is 2.18. The number of hydrogen-bond donors (Lipinski definition) is 3. The van der Waals surface area contributed by atoms with Crippen LogP contribution in [0.4, 0.5) is 10.5 Å². The molecular formula is C12H17N3O2. The summed E-state index contributed by atoms with van der Waals surface area (Å²) in [6.45, 7) is 4.19. The molecule has 0 aliphatic heterocycles. The lowest BCUT2D eigenvalue weighted by Crippen LogP contribution is -2.36. The maximum atomic E-state index is 11.5. The Hall–Kier alpha value is -2.04. The van der Waals surface area contributed by atoms with Gasteiger partial charge in [-0.05, 0) is 18.6 Å². The van der Waals surface area contributed by atoms with Gasteiger partial charge in [0.1, 0.15) is 0 Å². The van der Waals surface area contributed by atoms with Crippen molar-refractivity contribution in [3.63, 3.8) is 0 Å². The molecule has 92 valence electrons. The van der Waals surface area contributed by atoms with Gasteiger partial charge in [0.25, 0.3) is 0 Å². The Morgan fingerprint density at radius 2 is 1.76 bits per heavy atom. The number of carbonyl (C=O) groups is 2. The number of rotatable bonds is 4. The van der Waals surface area contributed by atoms with Crippen molar-refractivity contribution in [1.29, 1.82) is 0 Å². The number of urea groups is 1. The van der Waals surface area contributed by atoms with Gasteiger partial charge >= 0.3 is 6.03 Å². The summed E-state index contributed by atoms with van der Waals surface area (Å²) in [6.07, 6.45) is 0. The predicted octanol–water partition coefficient (Wildman–Crippen LogP) is 1.25. The molecule has 1 aromatic rings. The number of amides is 3. The van der Waals surface area contributed by atoms with E-state index in [-0.39, 0.29) is 11.9 Å². The maximum absolute atomic E-state index is 11.5.